The van der Waals surface area contributed by atoms with Crippen molar-refractivity contribution >= 4 is 0 Å². The van der Waals surface area contributed by atoms with Crippen molar-refractivity contribution in [3.63, 3.8) is 0 Å². The van der Waals surface area contributed by atoms with E-state index in [0.29, 0.717) is 11.5 Å². The van der Waals surface area contributed by atoms with Crippen molar-refractivity contribution in [3.8, 4) is 5.75 Å². The highest BCUT2D eigenvalue weighted by Crippen LogP contribution is 2.37. The fourth-order valence-electron chi connectivity index (χ4n) is 2.95. The molecule has 106 valence electrons. The Balaban J connectivity index is 2.05. The van der Waals surface area contributed by atoms with Crippen molar-refractivity contribution < 1.29 is 4.74 Å². The first kappa shape index (κ1) is 14.4. The van der Waals surface area contributed by atoms with E-state index in [0.717, 1.165) is 18.6 Å². The van der Waals surface area contributed by atoms with Gasteiger partial charge in [-0.25, -0.2) is 0 Å². The molecule has 0 radical (unpaired) electrons. The summed E-state index contributed by atoms with van der Waals surface area (Å²) >= 11 is 0. The third-order valence-corrected chi connectivity index (χ3v) is 4.32. The van der Waals surface area contributed by atoms with Gasteiger partial charge < -0.3 is 10.1 Å². The van der Waals surface area contributed by atoms with Gasteiger partial charge in [0, 0.05) is 6.04 Å². The van der Waals surface area contributed by atoms with Gasteiger partial charge in [0.15, 0.2) is 0 Å². The second-order valence-corrected chi connectivity index (χ2v) is 6.46. The van der Waals surface area contributed by atoms with Crippen LogP contribution in [-0.4, -0.2) is 19.2 Å². The van der Waals surface area contributed by atoms with E-state index >= 15 is 0 Å². The molecule has 1 aliphatic rings. The Morgan fingerprint density at radius 2 is 1.95 bits per heavy atom. The maximum absolute atomic E-state index is 6.23. The summed E-state index contributed by atoms with van der Waals surface area (Å²) in [5.41, 5.74) is 1.75. The van der Waals surface area contributed by atoms with Crippen molar-refractivity contribution in [2.45, 2.75) is 58.6 Å². The van der Waals surface area contributed by atoms with Crippen molar-refractivity contribution in [1.82, 2.24) is 5.32 Å². The zero-order chi connectivity index (χ0) is 13.9. The second-order valence-electron chi connectivity index (χ2n) is 6.46. The van der Waals surface area contributed by atoms with Crippen LogP contribution in [0, 0.1) is 5.41 Å². The average Bonchev–Trinajstić information content (AvgIpc) is 2.39. The van der Waals surface area contributed by atoms with Crippen molar-refractivity contribution in [2.75, 3.05) is 7.05 Å². The average molecular weight is 261 g/mol. The molecule has 2 heteroatoms. The second kappa shape index (κ2) is 5.96. The lowest BCUT2D eigenvalue weighted by Crippen LogP contribution is -2.47. The molecule has 1 aliphatic carbocycles. The summed E-state index contributed by atoms with van der Waals surface area (Å²) in [6.07, 6.45) is 4.94. The van der Waals surface area contributed by atoms with Gasteiger partial charge in [-0.15, -0.1) is 0 Å². The molecule has 2 unspecified atom stereocenters. The molecule has 0 aliphatic heterocycles. The van der Waals surface area contributed by atoms with E-state index in [-0.39, 0.29) is 6.10 Å². The molecule has 2 rings (SSSR count). The van der Waals surface area contributed by atoms with Crippen LogP contribution >= 0.6 is 0 Å². The van der Waals surface area contributed by atoms with Crippen LogP contribution in [0.1, 0.15) is 45.6 Å². The number of nitrogens with one attached hydrogen (secondary N) is 1. The Morgan fingerprint density at radius 1 is 1.26 bits per heavy atom. The topological polar surface area (TPSA) is 21.3 Å². The Kier molecular flexibility index (Phi) is 4.51. The number of aryl methyl sites for hydroxylation is 1. The highest BCUT2D eigenvalue weighted by atomic mass is 16.5. The smallest absolute Gasteiger partial charge is 0.119 e. The zero-order valence-electron chi connectivity index (χ0n) is 12.7. The lowest BCUT2D eigenvalue weighted by Gasteiger charge is -2.40. The van der Waals surface area contributed by atoms with Gasteiger partial charge in [0.05, 0.1) is 0 Å². The van der Waals surface area contributed by atoms with Gasteiger partial charge in [0.25, 0.3) is 0 Å². The van der Waals surface area contributed by atoms with Crippen LogP contribution in [0.5, 0.6) is 5.75 Å². The molecular formula is C17H27NO. The molecule has 1 saturated carbocycles. The summed E-state index contributed by atoms with van der Waals surface area (Å²) in [4.78, 5) is 0. The third kappa shape index (κ3) is 3.73. The Hall–Kier alpha value is -1.02. The van der Waals surface area contributed by atoms with Crippen LogP contribution in [0.4, 0.5) is 0 Å². The molecule has 0 heterocycles. The minimum atomic E-state index is 0.279. The van der Waals surface area contributed by atoms with Crippen LogP contribution < -0.4 is 10.1 Å². The predicted molar refractivity (Wildman–Crippen MR) is 80.7 cm³/mol. The molecule has 1 aromatic carbocycles. The number of benzene rings is 1. The van der Waals surface area contributed by atoms with Gasteiger partial charge in [-0.05, 0) is 55.8 Å². The summed E-state index contributed by atoms with van der Waals surface area (Å²) in [5.74, 6) is 1.00. The van der Waals surface area contributed by atoms with Gasteiger partial charge >= 0.3 is 0 Å². The molecule has 0 aromatic heterocycles. The van der Waals surface area contributed by atoms with Crippen LogP contribution in [0.25, 0.3) is 0 Å². The molecule has 19 heavy (non-hydrogen) atoms. The first-order chi connectivity index (χ1) is 9.04. The molecule has 0 bridgehead atoms. The predicted octanol–water partition coefficient (Wildman–Crippen LogP) is 3.79. The van der Waals surface area contributed by atoms with Crippen LogP contribution in [0.3, 0.4) is 0 Å². The normalized spacial score (nSPS) is 26.1. The van der Waals surface area contributed by atoms with Crippen molar-refractivity contribution in [2.24, 2.45) is 5.41 Å². The first-order valence-corrected chi connectivity index (χ1v) is 7.47. The number of ether oxygens (including phenoxy) is 1. The van der Waals surface area contributed by atoms with E-state index < -0.39 is 0 Å². The first-order valence-electron chi connectivity index (χ1n) is 7.47. The van der Waals surface area contributed by atoms with Gasteiger partial charge in [-0.3, -0.25) is 0 Å². The standard InChI is InChI=1S/C17H27NO/c1-5-13-6-8-14(9-7-13)19-16-12-17(2,3)11-10-15(16)18-4/h6-9,15-16,18H,5,10-12H2,1-4H3. The van der Waals surface area contributed by atoms with E-state index in [1.165, 1.54) is 18.4 Å². The van der Waals surface area contributed by atoms with Gasteiger partial charge in [-0.2, -0.15) is 0 Å². The van der Waals surface area contributed by atoms with Gasteiger partial charge in [-0.1, -0.05) is 32.9 Å². The Bertz CT molecular complexity index is 396. The van der Waals surface area contributed by atoms with E-state index in [2.05, 4.69) is 50.4 Å². The van der Waals surface area contributed by atoms with E-state index in [1.54, 1.807) is 0 Å². The summed E-state index contributed by atoms with van der Waals surface area (Å²) in [6.45, 7) is 6.86. The number of hydrogen-bond acceptors (Lipinski definition) is 2. The molecule has 1 N–H and O–H groups in total. The Morgan fingerprint density at radius 3 is 2.53 bits per heavy atom. The minimum Gasteiger partial charge on any atom is -0.489 e. The van der Waals surface area contributed by atoms with Crippen molar-refractivity contribution in [3.05, 3.63) is 29.8 Å². The summed E-state index contributed by atoms with van der Waals surface area (Å²) < 4.78 is 6.23. The van der Waals surface area contributed by atoms with Gasteiger partial charge in [0.1, 0.15) is 11.9 Å². The quantitative estimate of drug-likeness (QED) is 0.890. The summed E-state index contributed by atoms with van der Waals surface area (Å²) in [5, 5.41) is 3.41. The number of hydrogen-bond donors (Lipinski definition) is 1. The van der Waals surface area contributed by atoms with Crippen LogP contribution in [0.2, 0.25) is 0 Å². The third-order valence-electron chi connectivity index (χ3n) is 4.32. The van der Waals surface area contributed by atoms with Crippen LogP contribution in [0.15, 0.2) is 24.3 Å². The SMILES string of the molecule is CCc1ccc(OC2CC(C)(C)CCC2NC)cc1. The van der Waals surface area contributed by atoms with E-state index in [4.69, 9.17) is 4.74 Å². The highest BCUT2D eigenvalue weighted by molar-refractivity contribution is 5.27. The number of rotatable bonds is 4. The molecular weight excluding hydrogens is 234 g/mol. The highest BCUT2D eigenvalue weighted by Gasteiger charge is 2.35. The maximum atomic E-state index is 6.23. The molecule has 0 amide bonds. The molecule has 2 nitrogen and oxygen atoms in total. The minimum absolute atomic E-state index is 0.279. The van der Waals surface area contributed by atoms with Gasteiger partial charge in [0.2, 0.25) is 0 Å². The largest absolute Gasteiger partial charge is 0.489 e. The number of likely N-dealkylation sites (N-methyl/N-ethyl adjacent to an activating group) is 1. The fourth-order valence-corrected chi connectivity index (χ4v) is 2.95. The molecule has 0 spiro atoms. The lowest BCUT2D eigenvalue weighted by molar-refractivity contribution is 0.0559. The Labute approximate surface area is 117 Å². The molecule has 1 aromatic rings. The monoisotopic (exact) mass is 261 g/mol. The summed E-state index contributed by atoms with van der Waals surface area (Å²) in [6, 6.07) is 9.01. The summed E-state index contributed by atoms with van der Waals surface area (Å²) in [7, 11) is 2.04. The lowest BCUT2D eigenvalue weighted by atomic mass is 9.74. The maximum Gasteiger partial charge on any atom is 0.119 e. The van der Waals surface area contributed by atoms with E-state index in [1.807, 2.05) is 7.05 Å². The molecule has 0 saturated heterocycles. The molecule has 1 fully saturated rings. The fraction of sp³-hybridized carbons (Fsp3) is 0.647. The van der Waals surface area contributed by atoms with Crippen LogP contribution in [-0.2, 0) is 6.42 Å². The zero-order valence-corrected chi connectivity index (χ0v) is 12.7. The van der Waals surface area contributed by atoms with Crippen molar-refractivity contribution in [1.29, 1.82) is 0 Å². The molecule has 2 atom stereocenters. The van der Waals surface area contributed by atoms with E-state index in [9.17, 15) is 0 Å².